The molecule has 5 nitrogen and oxygen atoms in total. The zero-order chi connectivity index (χ0) is 22.4. The van der Waals surface area contributed by atoms with Crippen molar-refractivity contribution in [1.82, 2.24) is 15.1 Å². The van der Waals surface area contributed by atoms with Gasteiger partial charge in [-0.2, -0.15) is 0 Å². The van der Waals surface area contributed by atoms with Gasteiger partial charge in [-0.3, -0.25) is 15.0 Å². The number of hydrogen-bond acceptors (Lipinski definition) is 4. The van der Waals surface area contributed by atoms with Crippen molar-refractivity contribution in [3.05, 3.63) is 71.0 Å². The Morgan fingerprint density at radius 3 is 2.53 bits per heavy atom. The van der Waals surface area contributed by atoms with E-state index < -0.39 is 0 Å². The molecule has 1 amide bonds. The summed E-state index contributed by atoms with van der Waals surface area (Å²) in [6, 6.07) is 15.2. The molecule has 2 fully saturated rings. The molecule has 172 valence electrons. The second-order valence-electron chi connectivity index (χ2n) is 8.99. The molecule has 0 radical (unpaired) electrons. The summed E-state index contributed by atoms with van der Waals surface area (Å²) >= 11 is 0. The molecule has 0 saturated carbocycles. The van der Waals surface area contributed by atoms with E-state index in [-0.39, 0.29) is 23.8 Å². The normalized spacial score (nSPS) is 19.5. The Morgan fingerprint density at radius 1 is 1.03 bits per heavy atom. The van der Waals surface area contributed by atoms with Crippen LogP contribution >= 0.6 is 0 Å². The smallest absolute Gasteiger partial charge is 0.236 e. The first-order chi connectivity index (χ1) is 15.6. The Kier molecular flexibility index (Phi) is 7.55. The van der Waals surface area contributed by atoms with Gasteiger partial charge in [0.2, 0.25) is 5.91 Å². The minimum Gasteiger partial charge on any atom is -0.381 e. The zero-order valence-corrected chi connectivity index (χ0v) is 19.0. The fourth-order valence-electron chi connectivity index (χ4n) is 4.82. The van der Waals surface area contributed by atoms with E-state index in [1.807, 2.05) is 17.0 Å². The minimum atomic E-state index is -0.343. The summed E-state index contributed by atoms with van der Waals surface area (Å²) in [6.07, 6.45) is 2.53. The fraction of sp³-hybridized carbons (Fsp3) is 0.500. The third kappa shape index (κ3) is 5.55. The highest BCUT2D eigenvalue weighted by Crippen LogP contribution is 2.32. The predicted molar refractivity (Wildman–Crippen MR) is 124 cm³/mol. The molecule has 0 bridgehead atoms. The van der Waals surface area contributed by atoms with Gasteiger partial charge in [0.1, 0.15) is 5.82 Å². The van der Waals surface area contributed by atoms with Gasteiger partial charge >= 0.3 is 0 Å². The lowest BCUT2D eigenvalue weighted by molar-refractivity contribution is -0.130. The van der Waals surface area contributed by atoms with Gasteiger partial charge in [0, 0.05) is 51.5 Å². The molecule has 2 aliphatic rings. The summed E-state index contributed by atoms with van der Waals surface area (Å²) in [5.74, 6) is -0.109. The Hall–Kier alpha value is -2.28. The summed E-state index contributed by atoms with van der Waals surface area (Å²) in [5, 5.41) is 3.54. The molecule has 0 aromatic heterocycles. The number of nitrogens with one attached hydrogen (secondary N) is 1. The number of ether oxygens (including phenoxy) is 1. The average Bonchev–Trinajstić information content (AvgIpc) is 3.06. The molecular formula is C26H34FN3O2. The molecule has 32 heavy (non-hydrogen) atoms. The molecule has 0 unspecified atom stereocenters. The number of aryl methyl sites for hydroxylation is 1. The van der Waals surface area contributed by atoms with Crippen molar-refractivity contribution in [1.29, 1.82) is 0 Å². The van der Waals surface area contributed by atoms with Gasteiger partial charge in [0.05, 0.1) is 6.54 Å². The largest absolute Gasteiger partial charge is 0.381 e. The first kappa shape index (κ1) is 22.9. The molecule has 6 heteroatoms. The van der Waals surface area contributed by atoms with Crippen LogP contribution in [0.5, 0.6) is 0 Å². The van der Waals surface area contributed by atoms with Crippen molar-refractivity contribution < 1.29 is 13.9 Å². The van der Waals surface area contributed by atoms with E-state index in [9.17, 15) is 9.18 Å². The molecule has 0 aliphatic carbocycles. The molecule has 2 saturated heterocycles. The quantitative estimate of drug-likeness (QED) is 0.749. The van der Waals surface area contributed by atoms with Crippen LogP contribution in [0.2, 0.25) is 0 Å². The van der Waals surface area contributed by atoms with Crippen LogP contribution in [0.1, 0.15) is 36.0 Å². The number of amides is 1. The van der Waals surface area contributed by atoms with Gasteiger partial charge in [-0.15, -0.1) is 0 Å². The summed E-state index contributed by atoms with van der Waals surface area (Å²) in [5.41, 5.74) is 3.35. The number of benzene rings is 2. The molecule has 4 rings (SSSR count). The molecule has 2 aliphatic heterocycles. The number of carbonyl (C=O) groups excluding carboxylic acids is 1. The first-order valence-electron chi connectivity index (χ1n) is 11.7. The summed E-state index contributed by atoms with van der Waals surface area (Å²) in [4.78, 5) is 17.5. The van der Waals surface area contributed by atoms with E-state index in [2.05, 4.69) is 41.4 Å². The van der Waals surface area contributed by atoms with Crippen molar-refractivity contribution in [3.63, 3.8) is 0 Å². The van der Waals surface area contributed by atoms with Gasteiger partial charge in [0.15, 0.2) is 0 Å². The zero-order valence-electron chi connectivity index (χ0n) is 19.0. The Labute approximate surface area is 190 Å². The average molecular weight is 440 g/mol. The monoisotopic (exact) mass is 439 g/mol. The van der Waals surface area contributed by atoms with Crippen molar-refractivity contribution in [2.45, 2.75) is 38.3 Å². The van der Waals surface area contributed by atoms with Crippen LogP contribution < -0.4 is 5.32 Å². The van der Waals surface area contributed by atoms with Gasteiger partial charge in [-0.25, -0.2) is 4.39 Å². The maximum atomic E-state index is 13.5. The standard InChI is InChI=1S/C26H34FN3O2/c1-21-5-2-3-6-22(21)20-29-13-4-14-30(16-15-29)25(31)19-28-26(11-17-32-18-12-26)23-7-9-24(27)10-8-23/h2-3,5-10,28H,4,11-20H2,1H3. The Bertz CT molecular complexity index is 896. The highest BCUT2D eigenvalue weighted by atomic mass is 19.1. The second-order valence-corrected chi connectivity index (χ2v) is 8.99. The number of carbonyl (C=O) groups is 1. The fourth-order valence-corrected chi connectivity index (χ4v) is 4.82. The van der Waals surface area contributed by atoms with E-state index in [0.717, 1.165) is 57.5 Å². The van der Waals surface area contributed by atoms with Crippen molar-refractivity contribution in [3.8, 4) is 0 Å². The lowest BCUT2D eigenvalue weighted by atomic mass is 9.82. The lowest BCUT2D eigenvalue weighted by Gasteiger charge is -2.39. The van der Waals surface area contributed by atoms with Crippen LogP contribution in [0.3, 0.4) is 0 Å². The minimum absolute atomic E-state index is 0.135. The van der Waals surface area contributed by atoms with E-state index in [1.165, 1.54) is 23.3 Å². The molecule has 2 heterocycles. The highest BCUT2D eigenvalue weighted by molar-refractivity contribution is 5.78. The molecule has 0 atom stereocenters. The lowest BCUT2D eigenvalue weighted by Crippen LogP contribution is -2.51. The third-order valence-corrected chi connectivity index (χ3v) is 6.92. The summed E-state index contributed by atoms with van der Waals surface area (Å²) < 4.78 is 19.0. The van der Waals surface area contributed by atoms with Gasteiger partial charge in [-0.05, 0) is 55.0 Å². The molecule has 2 aromatic rings. The van der Waals surface area contributed by atoms with Gasteiger partial charge < -0.3 is 9.64 Å². The van der Waals surface area contributed by atoms with Crippen molar-refractivity contribution in [2.24, 2.45) is 0 Å². The van der Waals surface area contributed by atoms with Crippen molar-refractivity contribution in [2.75, 3.05) is 45.9 Å². The first-order valence-corrected chi connectivity index (χ1v) is 11.7. The van der Waals surface area contributed by atoms with Crippen molar-refractivity contribution >= 4 is 5.91 Å². The summed E-state index contributed by atoms with van der Waals surface area (Å²) in [6.45, 7) is 8.07. The van der Waals surface area contributed by atoms with E-state index in [4.69, 9.17) is 4.74 Å². The number of rotatable bonds is 6. The van der Waals surface area contributed by atoms with Gasteiger partial charge in [-0.1, -0.05) is 36.4 Å². The third-order valence-electron chi connectivity index (χ3n) is 6.92. The van der Waals surface area contributed by atoms with Gasteiger partial charge in [0.25, 0.3) is 0 Å². The molecule has 1 N–H and O–H groups in total. The van der Waals surface area contributed by atoms with Crippen LogP contribution in [0, 0.1) is 12.7 Å². The maximum Gasteiger partial charge on any atom is 0.236 e. The number of halogens is 1. The van der Waals surface area contributed by atoms with E-state index in [0.29, 0.717) is 13.2 Å². The maximum absolute atomic E-state index is 13.5. The molecular weight excluding hydrogens is 405 g/mol. The van der Waals surface area contributed by atoms with Crippen LogP contribution in [-0.4, -0.2) is 61.6 Å². The van der Waals surface area contributed by atoms with E-state index >= 15 is 0 Å². The predicted octanol–water partition coefficient (Wildman–Crippen LogP) is 3.46. The van der Waals surface area contributed by atoms with Crippen LogP contribution in [0.4, 0.5) is 4.39 Å². The van der Waals surface area contributed by atoms with Crippen LogP contribution in [-0.2, 0) is 21.6 Å². The Morgan fingerprint density at radius 2 is 1.78 bits per heavy atom. The SMILES string of the molecule is Cc1ccccc1CN1CCCN(C(=O)CNC2(c3ccc(F)cc3)CCOCC2)CC1. The number of hydrogen-bond donors (Lipinski definition) is 1. The summed E-state index contributed by atoms with van der Waals surface area (Å²) in [7, 11) is 0. The Balaban J connectivity index is 1.34. The van der Waals surface area contributed by atoms with Crippen LogP contribution in [0.25, 0.3) is 0 Å². The van der Waals surface area contributed by atoms with E-state index in [1.54, 1.807) is 0 Å². The molecule has 2 aromatic carbocycles. The number of nitrogens with zero attached hydrogens (tertiary/aromatic N) is 2. The highest BCUT2D eigenvalue weighted by Gasteiger charge is 2.35. The molecule has 0 spiro atoms. The second kappa shape index (κ2) is 10.6. The van der Waals surface area contributed by atoms with Crippen LogP contribution in [0.15, 0.2) is 48.5 Å². The topological polar surface area (TPSA) is 44.8 Å².